The molecule has 2 aromatic rings. The van der Waals surface area contributed by atoms with Crippen LogP contribution < -0.4 is 26.2 Å². The van der Waals surface area contributed by atoms with E-state index in [1.807, 2.05) is 12.3 Å². The zero-order valence-electron chi connectivity index (χ0n) is 21.9. The molecule has 5 aliphatic rings. The van der Waals surface area contributed by atoms with Crippen LogP contribution in [0, 0.1) is 5.41 Å². The van der Waals surface area contributed by atoms with Crippen LogP contribution in [-0.2, 0) is 9.53 Å². The minimum Gasteiger partial charge on any atom is -0.379 e. The van der Waals surface area contributed by atoms with Crippen molar-refractivity contribution in [3.8, 4) is 0 Å². The maximum atomic E-state index is 12.7. The molecule has 2 N–H and O–H groups in total. The highest BCUT2D eigenvalue weighted by molar-refractivity contribution is 5.95. The van der Waals surface area contributed by atoms with Crippen LogP contribution in [0.5, 0.6) is 0 Å². The Hall–Kier alpha value is -3.11. The summed E-state index contributed by atoms with van der Waals surface area (Å²) in [4.78, 5) is 36.5. The molecule has 1 spiro atoms. The van der Waals surface area contributed by atoms with Crippen LogP contribution >= 0.6 is 0 Å². The third-order valence-electron chi connectivity index (χ3n) is 9.18. The van der Waals surface area contributed by atoms with Crippen LogP contribution in [0.15, 0.2) is 29.5 Å². The van der Waals surface area contributed by atoms with Crippen LogP contribution in [0.1, 0.15) is 44.9 Å². The van der Waals surface area contributed by atoms with E-state index >= 15 is 0 Å². The van der Waals surface area contributed by atoms with Gasteiger partial charge in [0.05, 0.1) is 36.6 Å². The fourth-order valence-corrected chi connectivity index (χ4v) is 7.11. The van der Waals surface area contributed by atoms with Gasteiger partial charge in [0.25, 0.3) is 0 Å². The molecular weight excluding hydrogens is 480 g/mol. The predicted molar refractivity (Wildman–Crippen MR) is 144 cm³/mol. The van der Waals surface area contributed by atoms with Gasteiger partial charge >= 0.3 is 0 Å². The van der Waals surface area contributed by atoms with Gasteiger partial charge in [-0.2, -0.15) is 0 Å². The average Bonchev–Trinajstić information content (AvgIpc) is 3.38. The zero-order chi connectivity index (χ0) is 25.5. The zero-order valence-corrected chi connectivity index (χ0v) is 21.9. The lowest BCUT2D eigenvalue weighted by atomic mass is 9.65. The van der Waals surface area contributed by atoms with Crippen molar-refractivity contribution in [1.29, 1.82) is 0 Å². The predicted octanol–water partition coefficient (Wildman–Crippen LogP) is 1.15. The van der Waals surface area contributed by atoms with Gasteiger partial charge in [-0.1, -0.05) is 19.3 Å². The molecule has 0 radical (unpaired) electrons. The highest BCUT2D eigenvalue weighted by Crippen LogP contribution is 2.46. The first kappa shape index (κ1) is 24.0. The van der Waals surface area contributed by atoms with Crippen LogP contribution in [0.2, 0.25) is 0 Å². The first-order valence-electron chi connectivity index (χ1n) is 14.2. The summed E-state index contributed by atoms with van der Waals surface area (Å²) in [5.41, 5.74) is 2.22. The van der Waals surface area contributed by atoms with Crippen molar-refractivity contribution in [2.45, 2.75) is 57.0 Å². The number of ether oxygens (including phenoxy) is 1. The molecule has 1 unspecified atom stereocenters. The Kier molecular flexibility index (Phi) is 6.24. The summed E-state index contributed by atoms with van der Waals surface area (Å²) in [5.74, 6) is 1.19. The number of aromatic nitrogens is 3. The molecule has 0 bridgehead atoms. The maximum Gasteiger partial charge on any atom is 0.249 e. The van der Waals surface area contributed by atoms with E-state index in [4.69, 9.17) is 14.7 Å². The van der Waals surface area contributed by atoms with Gasteiger partial charge in [0, 0.05) is 44.2 Å². The Bertz CT molecular complexity index is 1310. The van der Waals surface area contributed by atoms with Crippen molar-refractivity contribution in [2.24, 2.45) is 10.4 Å². The van der Waals surface area contributed by atoms with E-state index in [-0.39, 0.29) is 11.3 Å². The lowest BCUT2D eigenvalue weighted by Gasteiger charge is -2.43. The standard InChI is InChI=1S/C28H36N8O2/c37-26-25-23(28(18-31-26)8-2-1-3-9-28)24-21(32-25)17-30-27(34-24)33-22-5-4-20(16-29-22)35-10-6-19(7-11-35)36-12-14-38-15-13-36/h4-5,16-17,19,25H,1-3,6-15,18H2,(H,31,37)(H,29,33,34). The van der Waals surface area contributed by atoms with E-state index in [9.17, 15) is 4.79 Å². The Morgan fingerprint density at radius 1 is 1.00 bits per heavy atom. The monoisotopic (exact) mass is 516 g/mol. The van der Waals surface area contributed by atoms with E-state index in [2.05, 4.69) is 36.5 Å². The molecule has 4 fully saturated rings. The highest BCUT2D eigenvalue weighted by Gasteiger charge is 2.47. The molecule has 1 atom stereocenters. The van der Waals surface area contributed by atoms with Gasteiger partial charge in [0.1, 0.15) is 11.2 Å². The van der Waals surface area contributed by atoms with Crippen molar-refractivity contribution in [1.82, 2.24) is 25.2 Å². The number of amides is 1. The number of nitrogens with zero attached hydrogens (tertiary/aromatic N) is 6. The summed E-state index contributed by atoms with van der Waals surface area (Å²) >= 11 is 0. The van der Waals surface area contributed by atoms with Crippen molar-refractivity contribution >= 4 is 28.9 Å². The number of pyridine rings is 1. The summed E-state index contributed by atoms with van der Waals surface area (Å²) < 4.78 is 5.51. The van der Waals surface area contributed by atoms with E-state index in [1.54, 1.807) is 6.20 Å². The molecule has 1 aliphatic carbocycles. The SMILES string of the molecule is O=C1NCC2(CCCCC2)C2=c3nc(Nc4ccc(N5CCC(N6CCOCC6)CC5)cn4)ncc3=NC12. The number of fused-ring (bicyclic) bond motifs is 3. The number of hydrogen-bond acceptors (Lipinski definition) is 9. The van der Waals surface area contributed by atoms with Gasteiger partial charge in [-0.15, -0.1) is 0 Å². The Labute approximate surface area is 222 Å². The van der Waals surface area contributed by atoms with Gasteiger partial charge in [-0.3, -0.25) is 14.7 Å². The average molecular weight is 517 g/mol. The fraction of sp³-hybridized carbons (Fsp3) is 0.607. The molecule has 200 valence electrons. The summed E-state index contributed by atoms with van der Waals surface area (Å²) in [6.45, 7) is 6.60. The third-order valence-corrected chi connectivity index (χ3v) is 9.18. The molecule has 38 heavy (non-hydrogen) atoms. The van der Waals surface area contributed by atoms with E-state index < -0.39 is 6.04 Å². The van der Waals surface area contributed by atoms with Crippen molar-refractivity contribution in [3.05, 3.63) is 35.2 Å². The minimum absolute atomic E-state index is 0.0186. The van der Waals surface area contributed by atoms with E-state index in [1.165, 1.54) is 32.1 Å². The van der Waals surface area contributed by atoms with Gasteiger partial charge in [-0.05, 0) is 43.4 Å². The number of carbonyl (C=O) groups is 1. The number of morpholine rings is 1. The smallest absolute Gasteiger partial charge is 0.249 e. The Morgan fingerprint density at radius 2 is 1.82 bits per heavy atom. The summed E-state index contributed by atoms with van der Waals surface area (Å²) in [7, 11) is 0. The second kappa shape index (κ2) is 9.89. The molecule has 6 heterocycles. The van der Waals surface area contributed by atoms with Crippen LogP contribution in [0.3, 0.4) is 0 Å². The number of nitrogens with one attached hydrogen (secondary N) is 2. The van der Waals surface area contributed by atoms with Crippen molar-refractivity contribution < 1.29 is 9.53 Å². The quantitative estimate of drug-likeness (QED) is 0.623. The topological polar surface area (TPSA) is 108 Å². The van der Waals surface area contributed by atoms with Gasteiger partial charge in [0.2, 0.25) is 11.9 Å². The molecule has 4 aliphatic heterocycles. The first-order chi connectivity index (χ1) is 18.7. The highest BCUT2D eigenvalue weighted by atomic mass is 16.5. The number of rotatable bonds is 4. The molecule has 1 saturated carbocycles. The second-order valence-electron chi connectivity index (χ2n) is 11.3. The first-order valence-corrected chi connectivity index (χ1v) is 14.2. The molecular formula is C28H36N8O2. The number of piperidine rings is 2. The minimum atomic E-state index is -0.466. The summed E-state index contributed by atoms with van der Waals surface area (Å²) in [5, 5.41) is 7.96. The number of carbonyl (C=O) groups excluding carboxylic acids is 1. The number of anilines is 3. The van der Waals surface area contributed by atoms with Crippen molar-refractivity contribution in [2.75, 3.05) is 56.2 Å². The fourth-order valence-electron chi connectivity index (χ4n) is 7.11. The molecule has 10 nitrogen and oxygen atoms in total. The van der Waals surface area contributed by atoms with Crippen molar-refractivity contribution in [3.63, 3.8) is 0 Å². The summed E-state index contributed by atoms with van der Waals surface area (Å²) in [6, 6.07) is 4.32. The molecule has 2 aromatic heterocycles. The molecule has 0 aromatic carbocycles. The van der Waals surface area contributed by atoms with E-state index in [0.717, 1.165) is 74.2 Å². The molecule has 10 heteroatoms. The largest absolute Gasteiger partial charge is 0.379 e. The molecule has 3 saturated heterocycles. The van der Waals surface area contributed by atoms with Gasteiger partial charge in [0.15, 0.2) is 6.04 Å². The third kappa shape index (κ3) is 4.33. The molecule has 1 amide bonds. The van der Waals surface area contributed by atoms with E-state index in [0.29, 0.717) is 24.4 Å². The Balaban J connectivity index is 1.07. The maximum absolute atomic E-state index is 12.7. The Morgan fingerprint density at radius 3 is 2.58 bits per heavy atom. The van der Waals surface area contributed by atoms with Crippen LogP contribution in [0.25, 0.3) is 5.57 Å². The van der Waals surface area contributed by atoms with Gasteiger partial charge in [-0.25, -0.2) is 15.0 Å². The number of hydrogen-bond donors (Lipinski definition) is 2. The van der Waals surface area contributed by atoms with Crippen LogP contribution in [-0.4, -0.2) is 83.8 Å². The summed E-state index contributed by atoms with van der Waals surface area (Å²) in [6.07, 6.45) is 11.8. The lowest BCUT2D eigenvalue weighted by Crippen LogP contribution is -2.53. The second-order valence-corrected chi connectivity index (χ2v) is 11.3. The molecule has 7 rings (SSSR count). The normalized spacial score (nSPS) is 25.5. The van der Waals surface area contributed by atoms with Crippen LogP contribution in [0.4, 0.5) is 17.5 Å². The lowest BCUT2D eigenvalue weighted by molar-refractivity contribution is -0.122. The van der Waals surface area contributed by atoms with Gasteiger partial charge < -0.3 is 20.3 Å².